The maximum atomic E-state index is 8.85. The highest BCUT2D eigenvalue weighted by Gasteiger charge is 2.19. The standard InChI is InChI=1S/C12H16ClNO2/c13-9-3-4-12-10(8-9)11(14-5-6-15)2-1-7-16-12/h3-4,8,11,14-15H,1-2,5-7H2. The zero-order valence-electron chi connectivity index (χ0n) is 9.08. The molecule has 1 aromatic carbocycles. The van der Waals surface area contributed by atoms with E-state index in [4.69, 9.17) is 21.4 Å². The Kier molecular flexibility index (Phi) is 4.04. The lowest BCUT2D eigenvalue weighted by molar-refractivity contribution is 0.281. The van der Waals surface area contributed by atoms with Crippen molar-refractivity contribution in [3.63, 3.8) is 0 Å². The van der Waals surface area contributed by atoms with Crippen LogP contribution in [0.1, 0.15) is 24.4 Å². The van der Waals surface area contributed by atoms with Gasteiger partial charge < -0.3 is 15.2 Å². The van der Waals surface area contributed by atoms with Crippen molar-refractivity contribution >= 4 is 11.6 Å². The molecule has 0 saturated carbocycles. The molecular weight excluding hydrogens is 226 g/mol. The first-order valence-electron chi connectivity index (χ1n) is 5.58. The van der Waals surface area contributed by atoms with Crippen LogP contribution in [0.2, 0.25) is 5.02 Å². The van der Waals surface area contributed by atoms with E-state index in [1.165, 1.54) is 0 Å². The monoisotopic (exact) mass is 241 g/mol. The summed E-state index contributed by atoms with van der Waals surface area (Å²) in [6.07, 6.45) is 2.02. The van der Waals surface area contributed by atoms with E-state index < -0.39 is 0 Å². The molecule has 0 radical (unpaired) electrons. The predicted molar refractivity (Wildman–Crippen MR) is 64.0 cm³/mol. The van der Waals surface area contributed by atoms with E-state index in [1.54, 1.807) is 0 Å². The van der Waals surface area contributed by atoms with Gasteiger partial charge in [-0.3, -0.25) is 0 Å². The van der Waals surface area contributed by atoms with Crippen molar-refractivity contribution in [2.75, 3.05) is 19.8 Å². The summed E-state index contributed by atoms with van der Waals surface area (Å²) in [5, 5.41) is 12.9. The van der Waals surface area contributed by atoms with Crippen molar-refractivity contribution < 1.29 is 9.84 Å². The van der Waals surface area contributed by atoms with Gasteiger partial charge >= 0.3 is 0 Å². The Labute approximate surface area is 100 Å². The second-order valence-corrected chi connectivity index (χ2v) is 4.34. The van der Waals surface area contributed by atoms with Crippen LogP contribution in [0.25, 0.3) is 0 Å². The SMILES string of the molecule is OCCNC1CCCOc2ccc(Cl)cc21. The zero-order valence-corrected chi connectivity index (χ0v) is 9.83. The summed E-state index contributed by atoms with van der Waals surface area (Å²) < 4.78 is 5.65. The molecule has 2 N–H and O–H groups in total. The van der Waals surface area contributed by atoms with E-state index in [0.717, 1.165) is 35.8 Å². The van der Waals surface area contributed by atoms with Crippen molar-refractivity contribution in [3.8, 4) is 5.75 Å². The molecule has 0 saturated heterocycles. The summed E-state index contributed by atoms with van der Waals surface area (Å²) in [5.74, 6) is 0.900. The third-order valence-electron chi connectivity index (χ3n) is 2.74. The first-order valence-corrected chi connectivity index (χ1v) is 5.95. The van der Waals surface area contributed by atoms with Gasteiger partial charge in [0.25, 0.3) is 0 Å². The van der Waals surface area contributed by atoms with E-state index in [2.05, 4.69) is 5.32 Å². The molecule has 0 aromatic heterocycles. The number of halogens is 1. The largest absolute Gasteiger partial charge is 0.493 e. The fraction of sp³-hybridized carbons (Fsp3) is 0.500. The van der Waals surface area contributed by atoms with Gasteiger partial charge in [-0.25, -0.2) is 0 Å². The van der Waals surface area contributed by atoms with Crippen molar-refractivity contribution in [2.45, 2.75) is 18.9 Å². The maximum absolute atomic E-state index is 8.85. The first-order chi connectivity index (χ1) is 7.81. The van der Waals surface area contributed by atoms with Gasteiger partial charge in [0.2, 0.25) is 0 Å². The number of fused-ring (bicyclic) bond motifs is 1. The summed E-state index contributed by atoms with van der Waals surface area (Å²) in [6.45, 7) is 1.48. The third kappa shape index (κ3) is 2.67. The van der Waals surface area contributed by atoms with Gasteiger partial charge in [0.1, 0.15) is 5.75 Å². The molecule has 1 heterocycles. The highest BCUT2D eigenvalue weighted by molar-refractivity contribution is 6.30. The average molecular weight is 242 g/mol. The summed E-state index contributed by atoms with van der Waals surface area (Å²) in [6, 6.07) is 5.92. The van der Waals surface area contributed by atoms with E-state index in [9.17, 15) is 0 Å². The van der Waals surface area contributed by atoms with Crippen LogP contribution < -0.4 is 10.1 Å². The molecule has 1 atom stereocenters. The summed E-state index contributed by atoms with van der Waals surface area (Å²) in [4.78, 5) is 0. The molecule has 4 heteroatoms. The summed E-state index contributed by atoms with van der Waals surface area (Å²) in [5.41, 5.74) is 1.10. The van der Waals surface area contributed by atoms with Crippen molar-refractivity contribution in [1.82, 2.24) is 5.32 Å². The van der Waals surface area contributed by atoms with Gasteiger partial charge in [-0.05, 0) is 31.0 Å². The molecule has 88 valence electrons. The van der Waals surface area contributed by atoms with E-state index >= 15 is 0 Å². The molecule has 0 spiro atoms. The molecule has 0 amide bonds. The van der Waals surface area contributed by atoms with Crippen molar-refractivity contribution in [1.29, 1.82) is 0 Å². The van der Waals surface area contributed by atoms with Gasteiger partial charge in [0.05, 0.1) is 13.2 Å². The first kappa shape index (κ1) is 11.7. The topological polar surface area (TPSA) is 41.5 Å². The number of ether oxygens (including phenoxy) is 1. The van der Waals surface area contributed by atoms with Crippen LogP contribution in [-0.2, 0) is 0 Å². The Morgan fingerprint density at radius 1 is 1.50 bits per heavy atom. The third-order valence-corrected chi connectivity index (χ3v) is 2.98. The average Bonchev–Trinajstić information content (AvgIpc) is 2.48. The van der Waals surface area contributed by atoms with Crippen LogP contribution in [0.15, 0.2) is 18.2 Å². The molecular formula is C12H16ClNO2. The molecule has 2 rings (SSSR count). The minimum absolute atomic E-state index is 0.146. The molecule has 1 aromatic rings. The Hall–Kier alpha value is -0.770. The van der Waals surface area contributed by atoms with Crippen molar-refractivity contribution in [3.05, 3.63) is 28.8 Å². The maximum Gasteiger partial charge on any atom is 0.124 e. The molecule has 16 heavy (non-hydrogen) atoms. The lowest BCUT2D eigenvalue weighted by atomic mass is 10.0. The Bertz CT molecular complexity index is 357. The minimum atomic E-state index is 0.146. The fourth-order valence-corrected chi connectivity index (χ4v) is 2.18. The Balaban J connectivity index is 2.24. The number of aliphatic hydroxyl groups is 1. The molecule has 1 unspecified atom stereocenters. The molecule has 0 bridgehead atoms. The Morgan fingerprint density at radius 3 is 3.19 bits per heavy atom. The van der Waals surface area contributed by atoms with Crippen LogP contribution in [0.5, 0.6) is 5.75 Å². The van der Waals surface area contributed by atoms with E-state index in [1.807, 2.05) is 18.2 Å². The second-order valence-electron chi connectivity index (χ2n) is 3.90. The highest BCUT2D eigenvalue weighted by atomic mass is 35.5. The van der Waals surface area contributed by atoms with Crippen LogP contribution in [0, 0.1) is 0 Å². The van der Waals surface area contributed by atoms with Gasteiger partial charge in [-0.1, -0.05) is 11.6 Å². The second kappa shape index (κ2) is 5.53. The summed E-state index contributed by atoms with van der Waals surface area (Å²) >= 11 is 6.00. The smallest absolute Gasteiger partial charge is 0.124 e. The van der Waals surface area contributed by atoms with Crippen LogP contribution in [-0.4, -0.2) is 24.9 Å². The Morgan fingerprint density at radius 2 is 2.38 bits per heavy atom. The minimum Gasteiger partial charge on any atom is -0.493 e. The van der Waals surface area contributed by atoms with E-state index in [-0.39, 0.29) is 12.6 Å². The fourth-order valence-electron chi connectivity index (χ4n) is 2.00. The molecule has 0 aliphatic carbocycles. The number of hydrogen-bond acceptors (Lipinski definition) is 3. The number of hydrogen-bond donors (Lipinski definition) is 2. The number of benzene rings is 1. The quantitative estimate of drug-likeness (QED) is 0.852. The van der Waals surface area contributed by atoms with Gasteiger partial charge in [-0.15, -0.1) is 0 Å². The lowest BCUT2D eigenvalue weighted by Gasteiger charge is -2.18. The van der Waals surface area contributed by atoms with Gasteiger partial charge in [0.15, 0.2) is 0 Å². The van der Waals surface area contributed by atoms with Crippen LogP contribution >= 0.6 is 11.6 Å². The molecule has 3 nitrogen and oxygen atoms in total. The van der Waals surface area contributed by atoms with Crippen LogP contribution in [0.3, 0.4) is 0 Å². The number of aliphatic hydroxyl groups excluding tert-OH is 1. The predicted octanol–water partition coefficient (Wildman–Crippen LogP) is 2.14. The number of nitrogens with one attached hydrogen (secondary N) is 1. The van der Waals surface area contributed by atoms with Crippen LogP contribution in [0.4, 0.5) is 0 Å². The lowest BCUT2D eigenvalue weighted by Crippen LogP contribution is -2.24. The molecule has 1 aliphatic heterocycles. The van der Waals surface area contributed by atoms with E-state index in [0.29, 0.717) is 6.54 Å². The molecule has 1 aliphatic rings. The number of rotatable bonds is 3. The normalized spacial score (nSPS) is 19.8. The molecule has 0 fully saturated rings. The zero-order chi connectivity index (χ0) is 11.4. The summed E-state index contributed by atoms with van der Waals surface area (Å²) in [7, 11) is 0. The van der Waals surface area contributed by atoms with Gasteiger partial charge in [0, 0.05) is 23.2 Å². The highest BCUT2D eigenvalue weighted by Crippen LogP contribution is 2.33. The van der Waals surface area contributed by atoms with Crippen molar-refractivity contribution in [2.24, 2.45) is 0 Å². The van der Waals surface area contributed by atoms with Gasteiger partial charge in [-0.2, -0.15) is 0 Å².